The number of sulfonamides is 1. The summed E-state index contributed by atoms with van der Waals surface area (Å²) in [5, 5.41) is 8.94. The molecule has 0 spiro atoms. The molecule has 2 heterocycles. The summed E-state index contributed by atoms with van der Waals surface area (Å²) in [7, 11) is -3.87. The molecule has 0 aliphatic rings. The van der Waals surface area contributed by atoms with E-state index >= 15 is 0 Å². The van der Waals surface area contributed by atoms with Crippen LogP contribution in [0.4, 0.5) is 8.78 Å². The summed E-state index contributed by atoms with van der Waals surface area (Å²) >= 11 is 0.864. The first-order valence-corrected chi connectivity index (χ1v) is 9.78. The van der Waals surface area contributed by atoms with Crippen molar-refractivity contribution in [3.05, 3.63) is 60.3 Å². The molecule has 2 N–H and O–H groups in total. The minimum Gasteiger partial charge on any atom is -0.457 e. The molecule has 2 aromatic heterocycles. The number of hydrogen-bond donors (Lipinski definition) is 1. The van der Waals surface area contributed by atoms with Crippen LogP contribution >= 0.6 is 11.3 Å². The Morgan fingerprint density at radius 1 is 1.04 bits per heavy atom. The number of ether oxygens (including phenoxy) is 1. The van der Waals surface area contributed by atoms with Crippen LogP contribution in [0.15, 0.2) is 53.0 Å². The Kier molecular flexibility index (Phi) is 4.13. The standard InChI is InChI=1S/C16H10F2N4O3S2/c17-12-6-5-11(7-13(12)18)25-10-3-1-9(2-4-10)14-8-22-15(20-14)26-16(21-22)27(19,23)24/h1-8H,(H2,19,23,24). The Morgan fingerprint density at radius 3 is 2.37 bits per heavy atom. The first-order chi connectivity index (χ1) is 12.8. The second-order valence-corrected chi connectivity index (χ2v) is 8.16. The third-order valence-electron chi connectivity index (χ3n) is 3.54. The van der Waals surface area contributed by atoms with E-state index in [1.54, 1.807) is 30.5 Å². The Balaban J connectivity index is 1.57. The predicted molar refractivity (Wildman–Crippen MR) is 94.1 cm³/mol. The fourth-order valence-corrected chi connectivity index (χ4v) is 3.81. The van der Waals surface area contributed by atoms with Crippen molar-refractivity contribution in [1.29, 1.82) is 0 Å². The van der Waals surface area contributed by atoms with E-state index in [0.29, 0.717) is 16.4 Å². The lowest BCUT2D eigenvalue weighted by atomic mass is 10.1. The highest BCUT2D eigenvalue weighted by molar-refractivity contribution is 7.91. The molecule has 4 aromatic rings. The molecule has 0 amide bonds. The van der Waals surface area contributed by atoms with Gasteiger partial charge < -0.3 is 4.74 Å². The number of nitrogens with two attached hydrogens (primary N) is 1. The zero-order valence-corrected chi connectivity index (χ0v) is 15.0. The number of aromatic nitrogens is 3. The van der Waals surface area contributed by atoms with Gasteiger partial charge in [0.25, 0.3) is 10.0 Å². The number of halogens is 2. The average molecular weight is 408 g/mol. The number of imidazole rings is 1. The van der Waals surface area contributed by atoms with Gasteiger partial charge in [0.15, 0.2) is 11.6 Å². The van der Waals surface area contributed by atoms with Gasteiger partial charge >= 0.3 is 0 Å². The van der Waals surface area contributed by atoms with Crippen LogP contribution in [-0.4, -0.2) is 23.0 Å². The van der Waals surface area contributed by atoms with Crippen LogP contribution in [0.2, 0.25) is 0 Å². The largest absolute Gasteiger partial charge is 0.457 e. The monoisotopic (exact) mass is 408 g/mol. The second-order valence-electron chi connectivity index (χ2n) is 5.47. The van der Waals surface area contributed by atoms with Gasteiger partial charge in [-0.05, 0) is 36.4 Å². The van der Waals surface area contributed by atoms with Crippen molar-refractivity contribution in [2.24, 2.45) is 5.14 Å². The third-order valence-corrected chi connectivity index (χ3v) is 5.78. The van der Waals surface area contributed by atoms with Crippen LogP contribution in [0.3, 0.4) is 0 Å². The number of hydrogen-bond acceptors (Lipinski definition) is 6. The first kappa shape index (κ1) is 17.5. The van der Waals surface area contributed by atoms with Crippen molar-refractivity contribution in [2.45, 2.75) is 4.34 Å². The molecule has 0 saturated carbocycles. The van der Waals surface area contributed by atoms with Crippen molar-refractivity contribution >= 4 is 26.3 Å². The van der Waals surface area contributed by atoms with Crippen LogP contribution in [0, 0.1) is 11.6 Å². The highest BCUT2D eigenvalue weighted by atomic mass is 32.2. The predicted octanol–water partition coefficient (Wildman–Crippen LogP) is 3.18. The molecule has 11 heteroatoms. The SMILES string of the molecule is NS(=O)(=O)c1nn2cc(-c3ccc(Oc4ccc(F)c(F)c4)cc3)nc2s1. The summed E-state index contributed by atoms with van der Waals surface area (Å²) in [5.41, 5.74) is 1.32. The zero-order chi connectivity index (χ0) is 19.2. The fourth-order valence-electron chi connectivity index (χ4n) is 2.31. The van der Waals surface area contributed by atoms with Crippen LogP contribution in [-0.2, 0) is 10.0 Å². The summed E-state index contributed by atoms with van der Waals surface area (Å²) in [6.07, 6.45) is 1.58. The molecule has 4 rings (SSSR count). The van der Waals surface area contributed by atoms with Crippen molar-refractivity contribution in [3.8, 4) is 22.8 Å². The molecule has 0 radical (unpaired) electrons. The van der Waals surface area contributed by atoms with E-state index in [4.69, 9.17) is 9.88 Å². The van der Waals surface area contributed by atoms with Gasteiger partial charge in [-0.25, -0.2) is 31.8 Å². The molecule has 0 unspecified atom stereocenters. The molecule has 27 heavy (non-hydrogen) atoms. The van der Waals surface area contributed by atoms with Crippen molar-refractivity contribution in [3.63, 3.8) is 0 Å². The number of primary sulfonamides is 1. The Bertz CT molecular complexity index is 1220. The molecule has 0 fully saturated rings. The van der Waals surface area contributed by atoms with Gasteiger partial charge in [0.2, 0.25) is 9.30 Å². The maximum absolute atomic E-state index is 13.2. The summed E-state index contributed by atoms with van der Waals surface area (Å²) in [6, 6.07) is 10.0. The molecule has 0 saturated heterocycles. The van der Waals surface area contributed by atoms with Crippen molar-refractivity contribution in [2.75, 3.05) is 0 Å². The molecular weight excluding hydrogens is 398 g/mol. The van der Waals surface area contributed by atoms with Crippen LogP contribution in [0.5, 0.6) is 11.5 Å². The molecule has 0 aliphatic carbocycles. The molecule has 0 bridgehead atoms. The number of nitrogens with zero attached hydrogens (tertiary/aromatic N) is 3. The summed E-state index contributed by atoms with van der Waals surface area (Å²) < 4.78 is 55.4. The van der Waals surface area contributed by atoms with E-state index in [1.807, 2.05) is 0 Å². The number of fused-ring (bicyclic) bond motifs is 1. The molecule has 2 aromatic carbocycles. The summed E-state index contributed by atoms with van der Waals surface area (Å²) in [6.45, 7) is 0. The first-order valence-electron chi connectivity index (χ1n) is 7.42. The van der Waals surface area contributed by atoms with Gasteiger partial charge in [-0.2, -0.15) is 0 Å². The van der Waals surface area contributed by atoms with Crippen LogP contribution in [0.1, 0.15) is 0 Å². The lowest BCUT2D eigenvalue weighted by Gasteiger charge is -2.06. The Morgan fingerprint density at radius 2 is 1.74 bits per heavy atom. The molecule has 0 aliphatic heterocycles. The molecule has 138 valence electrons. The van der Waals surface area contributed by atoms with E-state index in [1.165, 1.54) is 10.6 Å². The summed E-state index contributed by atoms with van der Waals surface area (Å²) in [4.78, 5) is 4.70. The zero-order valence-electron chi connectivity index (χ0n) is 13.3. The molecule has 0 atom stereocenters. The average Bonchev–Trinajstić information content (AvgIpc) is 3.18. The normalized spacial score (nSPS) is 11.8. The van der Waals surface area contributed by atoms with Crippen molar-refractivity contribution < 1.29 is 21.9 Å². The lowest BCUT2D eigenvalue weighted by Crippen LogP contribution is -2.12. The number of rotatable bonds is 4. The van der Waals surface area contributed by atoms with Gasteiger partial charge in [0, 0.05) is 11.6 Å². The highest BCUT2D eigenvalue weighted by Crippen LogP contribution is 2.28. The second kappa shape index (κ2) is 6.37. The maximum atomic E-state index is 13.2. The smallest absolute Gasteiger partial charge is 0.267 e. The maximum Gasteiger partial charge on any atom is 0.267 e. The topological polar surface area (TPSA) is 99.6 Å². The molecular formula is C16H10F2N4O3S2. The highest BCUT2D eigenvalue weighted by Gasteiger charge is 2.17. The van der Waals surface area contributed by atoms with E-state index in [-0.39, 0.29) is 10.1 Å². The van der Waals surface area contributed by atoms with Gasteiger partial charge in [-0.1, -0.05) is 11.3 Å². The van der Waals surface area contributed by atoms with Crippen LogP contribution in [0.25, 0.3) is 16.2 Å². The number of benzene rings is 2. The van der Waals surface area contributed by atoms with E-state index < -0.39 is 21.7 Å². The minimum atomic E-state index is -3.87. The van der Waals surface area contributed by atoms with Crippen molar-refractivity contribution in [1.82, 2.24) is 14.6 Å². The van der Waals surface area contributed by atoms with Crippen LogP contribution < -0.4 is 9.88 Å². The van der Waals surface area contributed by atoms with E-state index in [9.17, 15) is 17.2 Å². The van der Waals surface area contributed by atoms with Gasteiger partial charge in [0.05, 0.1) is 11.9 Å². The quantitative estimate of drug-likeness (QED) is 0.559. The van der Waals surface area contributed by atoms with Gasteiger partial charge in [0.1, 0.15) is 11.5 Å². The lowest BCUT2D eigenvalue weighted by molar-refractivity contribution is 0.461. The minimum absolute atomic E-state index is 0.170. The Labute approximate surface area is 155 Å². The fraction of sp³-hybridized carbons (Fsp3) is 0. The molecule has 7 nitrogen and oxygen atoms in total. The Hall–Kier alpha value is -2.89. The summed E-state index contributed by atoms with van der Waals surface area (Å²) in [5.74, 6) is -1.34. The van der Waals surface area contributed by atoms with E-state index in [2.05, 4.69) is 10.1 Å². The van der Waals surface area contributed by atoms with Gasteiger partial charge in [-0.3, -0.25) is 0 Å². The van der Waals surface area contributed by atoms with E-state index in [0.717, 1.165) is 29.0 Å². The third kappa shape index (κ3) is 3.52. The van der Waals surface area contributed by atoms with Gasteiger partial charge in [-0.15, -0.1) is 5.10 Å².